The number of benzene rings is 2. The molecule has 0 aliphatic carbocycles. The Kier molecular flexibility index (Phi) is 5.39. The van der Waals surface area contributed by atoms with E-state index in [0.717, 1.165) is 15.8 Å². The van der Waals surface area contributed by atoms with Crippen LogP contribution < -0.4 is 5.32 Å². The number of anilines is 1. The maximum Gasteiger partial charge on any atom is 0.331 e. The molecule has 0 spiro atoms. The van der Waals surface area contributed by atoms with Crippen LogP contribution in [0.4, 0.5) is 6.01 Å². The zero-order valence-corrected chi connectivity index (χ0v) is 15.8. The first-order chi connectivity index (χ1) is 14.2. The van der Waals surface area contributed by atoms with Crippen LogP contribution in [0.2, 0.25) is 0 Å². The van der Waals surface area contributed by atoms with Crippen molar-refractivity contribution < 1.29 is 18.7 Å². The Morgan fingerprint density at radius 3 is 2.69 bits per heavy atom. The lowest BCUT2D eigenvalue weighted by Crippen LogP contribution is -2.20. The minimum atomic E-state index is -0.657. The Labute approximate surface area is 168 Å². The molecule has 0 saturated carbocycles. The number of nitrogens with zero attached hydrogens (tertiary/aromatic N) is 3. The van der Waals surface area contributed by atoms with Crippen LogP contribution in [-0.4, -0.2) is 33.7 Å². The first-order valence-electron chi connectivity index (χ1n) is 8.56. The summed E-state index contributed by atoms with van der Waals surface area (Å²) in [7, 11) is 0. The number of thiazole rings is 1. The van der Waals surface area contributed by atoms with E-state index in [-0.39, 0.29) is 11.9 Å². The average molecular weight is 406 g/mol. The van der Waals surface area contributed by atoms with Gasteiger partial charge in [0, 0.05) is 11.6 Å². The Morgan fingerprint density at radius 1 is 1.07 bits per heavy atom. The molecule has 0 radical (unpaired) electrons. The molecule has 0 saturated heterocycles. The maximum atomic E-state index is 11.9. The molecule has 0 aliphatic heterocycles. The van der Waals surface area contributed by atoms with Crippen LogP contribution in [0.1, 0.15) is 5.01 Å². The van der Waals surface area contributed by atoms with Gasteiger partial charge in [-0.1, -0.05) is 35.4 Å². The summed E-state index contributed by atoms with van der Waals surface area (Å²) in [5, 5.41) is 10.7. The molecule has 1 N–H and O–H groups in total. The number of ether oxygens (including phenoxy) is 1. The Balaban J connectivity index is 1.28. The average Bonchev–Trinajstić information content (AvgIpc) is 3.38. The predicted molar refractivity (Wildman–Crippen MR) is 108 cm³/mol. The number of carbonyl (C=O) groups is 2. The normalized spacial score (nSPS) is 11.0. The summed E-state index contributed by atoms with van der Waals surface area (Å²) < 4.78 is 11.3. The molecular formula is C20H14N4O4S. The van der Waals surface area contributed by atoms with Gasteiger partial charge >= 0.3 is 12.0 Å². The summed E-state index contributed by atoms with van der Waals surface area (Å²) in [6.07, 6.45) is 2.78. The van der Waals surface area contributed by atoms with Crippen LogP contribution in [0, 0.1) is 0 Å². The van der Waals surface area contributed by atoms with Gasteiger partial charge in [-0.15, -0.1) is 16.4 Å². The van der Waals surface area contributed by atoms with Crippen molar-refractivity contribution >= 4 is 45.5 Å². The zero-order chi connectivity index (χ0) is 20.1. The van der Waals surface area contributed by atoms with Crippen LogP contribution in [-0.2, 0) is 14.3 Å². The van der Waals surface area contributed by atoms with Crippen molar-refractivity contribution in [3.05, 3.63) is 65.7 Å². The summed E-state index contributed by atoms with van der Waals surface area (Å²) in [6, 6.07) is 16.7. The van der Waals surface area contributed by atoms with Crippen molar-refractivity contribution in [1.29, 1.82) is 0 Å². The van der Waals surface area contributed by atoms with E-state index >= 15 is 0 Å². The Bertz CT molecular complexity index is 1150. The number of hydrogen-bond acceptors (Lipinski definition) is 8. The Morgan fingerprint density at radius 2 is 1.86 bits per heavy atom. The van der Waals surface area contributed by atoms with Gasteiger partial charge in [0.15, 0.2) is 6.61 Å². The van der Waals surface area contributed by atoms with Gasteiger partial charge in [-0.05, 0) is 30.3 Å². The van der Waals surface area contributed by atoms with Gasteiger partial charge in [-0.3, -0.25) is 10.1 Å². The van der Waals surface area contributed by atoms with E-state index in [2.05, 4.69) is 20.5 Å². The molecule has 9 heteroatoms. The van der Waals surface area contributed by atoms with E-state index in [4.69, 9.17) is 9.15 Å². The smallest absolute Gasteiger partial charge is 0.331 e. The molecule has 4 rings (SSSR count). The molecular weight excluding hydrogens is 392 g/mol. The number of rotatable bonds is 6. The van der Waals surface area contributed by atoms with E-state index in [1.807, 2.05) is 42.5 Å². The van der Waals surface area contributed by atoms with Gasteiger partial charge in [-0.2, -0.15) is 0 Å². The van der Waals surface area contributed by atoms with Crippen LogP contribution in [0.5, 0.6) is 0 Å². The number of esters is 1. The quantitative estimate of drug-likeness (QED) is 0.385. The van der Waals surface area contributed by atoms with E-state index in [1.165, 1.54) is 17.4 Å². The highest BCUT2D eigenvalue weighted by Gasteiger charge is 2.12. The predicted octanol–water partition coefficient (Wildman–Crippen LogP) is 3.54. The molecule has 0 atom stereocenters. The number of carbonyl (C=O) groups excluding carboxylic acids is 2. The van der Waals surface area contributed by atoms with Gasteiger partial charge in [-0.25, -0.2) is 9.78 Å². The van der Waals surface area contributed by atoms with Crippen molar-refractivity contribution in [2.75, 3.05) is 11.9 Å². The van der Waals surface area contributed by atoms with Gasteiger partial charge in [0.1, 0.15) is 5.01 Å². The van der Waals surface area contributed by atoms with Crippen molar-refractivity contribution in [3.8, 4) is 11.5 Å². The largest absolute Gasteiger partial charge is 0.452 e. The standard InChI is InChI=1S/C20H14N4O4S/c25-16(22-20-24-23-19(28-20)13-6-2-1-3-7-13)12-27-18(26)11-10-17-21-14-8-4-5-9-15(14)29-17/h1-11H,12H2,(H,22,24,25). The lowest BCUT2D eigenvalue weighted by Gasteiger charge is -2.01. The molecule has 0 bridgehead atoms. The highest BCUT2D eigenvalue weighted by Crippen LogP contribution is 2.22. The van der Waals surface area contributed by atoms with Crippen LogP contribution in [0.3, 0.4) is 0 Å². The van der Waals surface area contributed by atoms with E-state index in [1.54, 1.807) is 18.2 Å². The third-order valence-corrected chi connectivity index (χ3v) is 4.71. The first-order valence-corrected chi connectivity index (χ1v) is 9.38. The van der Waals surface area contributed by atoms with Gasteiger partial charge in [0.2, 0.25) is 5.89 Å². The van der Waals surface area contributed by atoms with Crippen LogP contribution >= 0.6 is 11.3 Å². The lowest BCUT2D eigenvalue weighted by molar-refractivity contribution is -0.142. The fraction of sp³-hybridized carbons (Fsp3) is 0.0500. The molecule has 8 nitrogen and oxygen atoms in total. The molecule has 2 aromatic heterocycles. The molecule has 0 fully saturated rings. The fourth-order valence-electron chi connectivity index (χ4n) is 2.41. The number of nitrogens with one attached hydrogen (secondary N) is 1. The number of para-hydroxylation sites is 1. The molecule has 29 heavy (non-hydrogen) atoms. The van der Waals surface area contributed by atoms with Crippen molar-refractivity contribution in [2.24, 2.45) is 0 Å². The second-order valence-corrected chi connectivity index (χ2v) is 6.85. The molecule has 144 valence electrons. The SMILES string of the molecule is O=C(COC(=O)C=Cc1nc2ccccc2s1)Nc1nnc(-c2ccccc2)o1. The lowest BCUT2D eigenvalue weighted by atomic mass is 10.2. The summed E-state index contributed by atoms with van der Waals surface area (Å²) in [5.74, 6) is -0.971. The molecule has 1 amide bonds. The third kappa shape index (κ3) is 4.71. The van der Waals surface area contributed by atoms with Crippen molar-refractivity contribution in [2.45, 2.75) is 0 Å². The van der Waals surface area contributed by atoms with E-state index in [9.17, 15) is 9.59 Å². The van der Waals surface area contributed by atoms with Crippen molar-refractivity contribution in [1.82, 2.24) is 15.2 Å². The number of fused-ring (bicyclic) bond motifs is 1. The van der Waals surface area contributed by atoms with Crippen LogP contribution in [0.15, 0.2) is 65.1 Å². The number of aromatic nitrogens is 3. The van der Waals surface area contributed by atoms with E-state index < -0.39 is 18.5 Å². The monoisotopic (exact) mass is 406 g/mol. The maximum absolute atomic E-state index is 11.9. The minimum absolute atomic E-state index is 0.0741. The highest BCUT2D eigenvalue weighted by atomic mass is 32.1. The second kappa shape index (κ2) is 8.44. The molecule has 2 aromatic carbocycles. The summed E-state index contributed by atoms with van der Waals surface area (Å²) >= 11 is 1.45. The fourth-order valence-corrected chi connectivity index (χ4v) is 3.28. The number of amides is 1. The van der Waals surface area contributed by atoms with Gasteiger partial charge in [0.25, 0.3) is 5.91 Å². The van der Waals surface area contributed by atoms with Gasteiger partial charge in [0.05, 0.1) is 10.2 Å². The first kappa shape index (κ1) is 18.5. The topological polar surface area (TPSA) is 107 Å². The zero-order valence-electron chi connectivity index (χ0n) is 14.9. The number of hydrogen-bond donors (Lipinski definition) is 1. The third-order valence-electron chi connectivity index (χ3n) is 3.71. The van der Waals surface area contributed by atoms with Crippen molar-refractivity contribution in [3.63, 3.8) is 0 Å². The Hall–Kier alpha value is -3.85. The summed E-state index contributed by atoms with van der Waals surface area (Å²) in [5.41, 5.74) is 1.59. The van der Waals surface area contributed by atoms with Gasteiger partial charge < -0.3 is 9.15 Å². The molecule has 0 aliphatic rings. The summed E-state index contributed by atoms with van der Waals surface area (Å²) in [4.78, 5) is 28.1. The van der Waals surface area contributed by atoms with Crippen LogP contribution in [0.25, 0.3) is 27.7 Å². The highest BCUT2D eigenvalue weighted by molar-refractivity contribution is 7.19. The second-order valence-electron chi connectivity index (χ2n) is 5.79. The minimum Gasteiger partial charge on any atom is -0.452 e. The summed E-state index contributed by atoms with van der Waals surface area (Å²) in [6.45, 7) is -0.480. The molecule has 4 aromatic rings. The van der Waals surface area contributed by atoms with E-state index in [0.29, 0.717) is 5.01 Å². The molecule has 2 heterocycles. The molecule has 0 unspecified atom stereocenters.